The molecule has 1 fully saturated rings. The van der Waals surface area contributed by atoms with Crippen LogP contribution in [-0.4, -0.2) is 41.2 Å². The second-order valence-electron chi connectivity index (χ2n) is 6.74. The molecule has 0 saturated carbocycles. The van der Waals surface area contributed by atoms with Gasteiger partial charge in [-0.25, -0.2) is 8.78 Å². The van der Waals surface area contributed by atoms with Gasteiger partial charge >= 0.3 is 0 Å². The fourth-order valence-corrected chi connectivity index (χ4v) is 3.27. The van der Waals surface area contributed by atoms with Crippen molar-refractivity contribution in [1.29, 1.82) is 0 Å². The van der Waals surface area contributed by atoms with Crippen molar-refractivity contribution < 1.29 is 23.4 Å². The normalized spacial score (nSPS) is 20.2. The van der Waals surface area contributed by atoms with E-state index in [0.29, 0.717) is 43.7 Å². The molecule has 2 aromatic carbocycles. The number of halogens is 3. The number of carbonyl (C=O) groups is 1. The third kappa shape index (κ3) is 4.96. The zero-order valence-corrected chi connectivity index (χ0v) is 15.4. The summed E-state index contributed by atoms with van der Waals surface area (Å²) in [7, 11) is 0. The van der Waals surface area contributed by atoms with Crippen molar-refractivity contribution in [2.45, 2.75) is 24.9 Å². The molecule has 1 saturated heterocycles. The maximum Gasteiger partial charge on any atom is 0.253 e. The van der Waals surface area contributed by atoms with E-state index < -0.39 is 11.4 Å². The fourth-order valence-electron chi connectivity index (χ4n) is 3.09. The smallest absolute Gasteiger partial charge is 0.253 e. The molecule has 0 aromatic heterocycles. The molecule has 2 aromatic rings. The Bertz CT molecular complexity index is 815. The molecule has 1 N–H and O–H groups in total. The molecule has 3 rings (SSSR count). The summed E-state index contributed by atoms with van der Waals surface area (Å²) in [5.41, 5.74) is -0.765. The van der Waals surface area contributed by atoms with Gasteiger partial charge in [-0.3, -0.25) is 4.79 Å². The molecule has 27 heavy (non-hydrogen) atoms. The number of hydrogen-bond donors (Lipinski definition) is 1. The van der Waals surface area contributed by atoms with Crippen molar-refractivity contribution in [2.75, 3.05) is 19.7 Å². The van der Waals surface area contributed by atoms with Gasteiger partial charge in [-0.1, -0.05) is 11.6 Å². The summed E-state index contributed by atoms with van der Waals surface area (Å²) in [6, 6.07) is 9.47. The quantitative estimate of drug-likeness (QED) is 0.849. The minimum atomic E-state index is -1.08. The zero-order chi connectivity index (χ0) is 19.4. The number of amides is 1. The van der Waals surface area contributed by atoms with E-state index in [0.717, 1.165) is 0 Å². The summed E-state index contributed by atoms with van der Waals surface area (Å²) in [6.07, 6.45) is 1.42. The van der Waals surface area contributed by atoms with E-state index in [1.807, 2.05) is 0 Å². The van der Waals surface area contributed by atoms with E-state index in [-0.39, 0.29) is 23.4 Å². The Morgan fingerprint density at radius 3 is 2.59 bits per heavy atom. The Morgan fingerprint density at radius 1 is 1.15 bits per heavy atom. The van der Waals surface area contributed by atoms with Crippen LogP contribution in [0.25, 0.3) is 0 Å². The van der Waals surface area contributed by atoms with E-state index in [2.05, 4.69) is 0 Å². The first-order valence-electron chi connectivity index (χ1n) is 8.71. The summed E-state index contributed by atoms with van der Waals surface area (Å²) in [4.78, 5) is 14.3. The Kier molecular flexibility index (Phi) is 5.97. The fraction of sp³-hybridized carbons (Fsp3) is 0.350. The second-order valence-corrected chi connectivity index (χ2v) is 7.15. The number of benzene rings is 2. The van der Waals surface area contributed by atoms with Crippen molar-refractivity contribution in [1.82, 2.24) is 4.90 Å². The van der Waals surface area contributed by atoms with Gasteiger partial charge in [0.05, 0.1) is 5.02 Å². The molecule has 4 nitrogen and oxygen atoms in total. The Morgan fingerprint density at radius 2 is 1.89 bits per heavy atom. The minimum Gasteiger partial charge on any atom is -0.491 e. The van der Waals surface area contributed by atoms with Crippen molar-refractivity contribution in [3.63, 3.8) is 0 Å². The SMILES string of the molecule is O=C(c1ccc(F)c(Cl)c1)N1CCCC(O)(COc2ccc(F)cc2)CC1. The summed E-state index contributed by atoms with van der Waals surface area (Å²) in [5, 5.41) is 10.7. The standard InChI is InChI=1S/C20H20ClF2NO3/c21-17-12-14(2-7-18(17)23)19(25)24-10-1-8-20(26,9-11-24)13-27-16-5-3-15(22)4-6-16/h2-7,12,26H,1,8-11,13H2. The van der Waals surface area contributed by atoms with Crippen LogP contribution in [0.1, 0.15) is 29.6 Å². The Labute approximate surface area is 161 Å². The molecular formula is C20H20ClF2NO3. The lowest BCUT2D eigenvalue weighted by molar-refractivity contribution is -0.0163. The third-order valence-corrected chi connectivity index (χ3v) is 4.98. The maximum absolute atomic E-state index is 13.3. The summed E-state index contributed by atoms with van der Waals surface area (Å²) in [6.45, 7) is 0.882. The molecule has 0 spiro atoms. The van der Waals surface area contributed by atoms with Gasteiger partial charge in [0.2, 0.25) is 0 Å². The number of ether oxygens (including phenoxy) is 1. The van der Waals surface area contributed by atoms with Gasteiger partial charge in [-0.05, 0) is 61.7 Å². The molecule has 1 aliphatic heterocycles. The van der Waals surface area contributed by atoms with E-state index in [1.54, 1.807) is 4.90 Å². The molecule has 1 aliphatic rings. The van der Waals surface area contributed by atoms with Gasteiger partial charge in [-0.15, -0.1) is 0 Å². The lowest BCUT2D eigenvalue weighted by atomic mass is 9.96. The average molecular weight is 396 g/mol. The van der Waals surface area contributed by atoms with E-state index >= 15 is 0 Å². The molecule has 1 unspecified atom stereocenters. The van der Waals surface area contributed by atoms with Gasteiger partial charge in [0.15, 0.2) is 0 Å². The molecule has 1 atom stereocenters. The topological polar surface area (TPSA) is 49.8 Å². The predicted molar refractivity (Wildman–Crippen MR) is 98.0 cm³/mol. The van der Waals surface area contributed by atoms with Gasteiger partial charge in [-0.2, -0.15) is 0 Å². The highest BCUT2D eigenvalue weighted by Gasteiger charge is 2.32. The van der Waals surface area contributed by atoms with Crippen LogP contribution in [0.4, 0.5) is 8.78 Å². The average Bonchev–Trinajstić information content (AvgIpc) is 2.85. The van der Waals surface area contributed by atoms with E-state index in [4.69, 9.17) is 16.3 Å². The molecular weight excluding hydrogens is 376 g/mol. The van der Waals surface area contributed by atoms with Crippen molar-refractivity contribution in [3.05, 3.63) is 64.7 Å². The van der Waals surface area contributed by atoms with Crippen LogP contribution in [0.3, 0.4) is 0 Å². The first-order valence-corrected chi connectivity index (χ1v) is 9.09. The third-order valence-electron chi connectivity index (χ3n) is 4.69. The predicted octanol–water partition coefficient (Wildman–Crippen LogP) is 4.05. The van der Waals surface area contributed by atoms with Crippen LogP contribution >= 0.6 is 11.6 Å². The molecule has 7 heteroatoms. The zero-order valence-electron chi connectivity index (χ0n) is 14.6. The van der Waals surface area contributed by atoms with Crippen molar-refractivity contribution in [2.24, 2.45) is 0 Å². The monoisotopic (exact) mass is 395 g/mol. The van der Waals surface area contributed by atoms with Crippen LogP contribution in [0.2, 0.25) is 5.02 Å². The van der Waals surface area contributed by atoms with Gasteiger partial charge in [0.1, 0.15) is 29.6 Å². The van der Waals surface area contributed by atoms with Crippen molar-refractivity contribution >= 4 is 17.5 Å². The molecule has 0 aliphatic carbocycles. The van der Waals surface area contributed by atoms with Gasteiger partial charge in [0.25, 0.3) is 5.91 Å². The van der Waals surface area contributed by atoms with Crippen molar-refractivity contribution in [3.8, 4) is 5.75 Å². The first-order chi connectivity index (χ1) is 12.9. The largest absolute Gasteiger partial charge is 0.491 e. The van der Waals surface area contributed by atoms with E-state index in [9.17, 15) is 18.7 Å². The number of hydrogen-bond acceptors (Lipinski definition) is 3. The minimum absolute atomic E-state index is 0.0586. The molecule has 0 bridgehead atoms. The lowest BCUT2D eigenvalue weighted by Gasteiger charge is -2.27. The number of rotatable bonds is 4. The molecule has 144 valence electrons. The Hall–Kier alpha value is -2.18. The first kappa shape index (κ1) is 19.6. The second kappa shape index (κ2) is 8.23. The molecule has 1 heterocycles. The highest BCUT2D eigenvalue weighted by Crippen LogP contribution is 2.26. The van der Waals surface area contributed by atoms with Crippen LogP contribution in [0, 0.1) is 11.6 Å². The molecule has 0 radical (unpaired) electrons. The van der Waals surface area contributed by atoms with Crippen LogP contribution in [-0.2, 0) is 0 Å². The lowest BCUT2D eigenvalue weighted by Crippen LogP contribution is -2.38. The van der Waals surface area contributed by atoms with Gasteiger partial charge < -0.3 is 14.7 Å². The van der Waals surface area contributed by atoms with Crippen LogP contribution in [0.15, 0.2) is 42.5 Å². The summed E-state index contributed by atoms with van der Waals surface area (Å²) >= 11 is 5.76. The van der Waals surface area contributed by atoms with Crippen LogP contribution < -0.4 is 4.74 Å². The Balaban J connectivity index is 1.61. The highest BCUT2D eigenvalue weighted by molar-refractivity contribution is 6.31. The molecule has 1 amide bonds. The van der Waals surface area contributed by atoms with Gasteiger partial charge in [0, 0.05) is 18.7 Å². The maximum atomic E-state index is 13.3. The summed E-state index contributed by atoms with van der Waals surface area (Å²) in [5.74, 6) is -0.703. The number of nitrogens with zero attached hydrogens (tertiary/aromatic N) is 1. The number of carbonyl (C=O) groups excluding carboxylic acids is 1. The number of aliphatic hydroxyl groups is 1. The summed E-state index contributed by atoms with van der Waals surface area (Å²) < 4.78 is 31.8. The highest BCUT2D eigenvalue weighted by atomic mass is 35.5. The van der Waals surface area contributed by atoms with Crippen LogP contribution in [0.5, 0.6) is 5.75 Å². The van der Waals surface area contributed by atoms with E-state index in [1.165, 1.54) is 42.5 Å². The number of likely N-dealkylation sites (tertiary alicyclic amines) is 1.